The minimum atomic E-state index is 0.386. The summed E-state index contributed by atoms with van der Waals surface area (Å²) in [4.78, 5) is 6.46. The standard InChI is InChI=1S/C10H15N3/c1-8-2-3-12-4-9(8)5-13-6-10(11)7-13/h2-4,10H,5-7,11H2,1H3. The van der Waals surface area contributed by atoms with Crippen LogP contribution in [0.25, 0.3) is 0 Å². The molecular formula is C10H15N3. The maximum Gasteiger partial charge on any atom is 0.0315 e. The summed E-state index contributed by atoms with van der Waals surface area (Å²) in [5, 5.41) is 0. The predicted octanol–water partition coefficient (Wildman–Crippen LogP) is 0.533. The quantitative estimate of drug-likeness (QED) is 0.716. The van der Waals surface area contributed by atoms with Gasteiger partial charge in [-0.1, -0.05) is 0 Å². The first-order valence-corrected chi connectivity index (χ1v) is 4.63. The molecule has 0 bridgehead atoms. The first-order valence-electron chi connectivity index (χ1n) is 4.63. The zero-order valence-corrected chi connectivity index (χ0v) is 7.90. The van der Waals surface area contributed by atoms with Gasteiger partial charge in [0.2, 0.25) is 0 Å². The van der Waals surface area contributed by atoms with Crippen molar-refractivity contribution in [2.75, 3.05) is 13.1 Å². The topological polar surface area (TPSA) is 42.2 Å². The molecule has 0 aliphatic carbocycles. The Hall–Kier alpha value is -0.930. The van der Waals surface area contributed by atoms with E-state index in [0.29, 0.717) is 6.04 Å². The summed E-state index contributed by atoms with van der Waals surface area (Å²) >= 11 is 0. The molecule has 2 heterocycles. The van der Waals surface area contributed by atoms with Gasteiger partial charge in [-0.3, -0.25) is 9.88 Å². The van der Waals surface area contributed by atoms with Gasteiger partial charge in [-0.05, 0) is 24.1 Å². The molecular weight excluding hydrogens is 162 g/mol. The molecule has 0 spiro atoms. The van der Waals surface area contributed by atoms with E-state index in [2.05, 4.69) is 22.9 Å². The summed E-state index contributed by atoms with van der Waals surface area (Å²) in [6.45, 7) is 5.16. The number of likely N-dealkylation sites (tertiary alicyclic amines) is 1. The van der Waals surface area contributed by atoms with Crippen molar-refractivity contribution in [1.29, 1.82) is 0 Å². The Bertz CT molecular complexity index is 292. The first kappa shape index (κ1) is 8.66. The molecule has 0 saturated carbocycles. The van der Waals surface area contributed by atoms with Crippen molar-refractivity contribution in [3.05, 3.63) is 29.6 Å². The summed E-state index contributed by atoms with van der Waals surface area (Å²) in [5.41, 5.74) is 8.33. The van der Waals surface area contributed by atoms with Crippen LogP contribution in [0.3, 0.4) is 0 Å². The lowest BCUT2D eigenvalue weighted by Crippen LogP contribution is -2.54. The maximum absolute atomic E-state index is 5.70. The van der Waals surface area contributed by atoms with Gasteiger partial charge in [0, 0.05) is 38.1 Å². The third-order valence-electron chi connectivity index (χ3n) is 2.53. The van der Waals surface area contributed by atoms with E-state index in [9.17, 15) is 0 Å². The van der Waals surface area contributed by atoms with Crippen LogP contribution in [0.15, 0.2) is 18.5 Å². The highest BCUT2D eigenvalue weighted by Gasteiger charge is 2.22. The molecule has 3 nitrogen and oxygen atoms in total. The molecule has 0 aromatic carbocycles. The number of hydrogen-bond acceptors (Lipinski definition) is 3. The van der Waals surface area contributed by atoms with E-state index in [4.69, 9.17) is 5.73 Å². The summed E-state index contributed by atoms with van der Waals surface area (Å²) in [6, 6.07) is 2.44. The molecule has 1 aliphatic rings. The molecule has 1 aromatic heterocycles. The van der Waals surface area contributed by atoms with Crippen molar-refractivity contribution in [3.8, 4) is 0 Å². The van der Waals surface area contributed by atoms with Crippen molar-refractivity contribution < 1.29 is 0 Å². The largest absolute Gasteiger partial charge is 0.325 e. The van der Waals surface area contributed by atoms with Crippen molar-refractivity contribution in [1.82, 2.24) is 9.88 Å². The zero-order chi connectivity index (χ0) is 9.26. The zero-order valence-electron chi connectivity index (χ0n) is 7.90. The molecule has 0 unspecified atom stereocenters. The van der Waals surface area contributed by atoms with Crippen LogP contribution >= 0.6 is 0 Å². The number of aromatic nitrogens is 1. The highest BCUT2D eigenvalue weighted by molar-refractivity contribution is 5.21. The smallest absolute Gasteiger partial charge is 0.0315 e. The number of nitrogens with two attached hydrogens (primary N) is 1. The van der Waals surface area contributed by atoms with Gasteiger partial charge in [0.15, 0.2) is 0 Å². The average molecular weight is 177 g/mol. The number of hydrogen-bond donors (Lipinski definition) is 1. The van der Waals surface area contributed by atoms with Crippen molar-refractivity contribution in [2.45, 2.75) is 19.5 Å². The lowest BCUT2D eigenvalue weighted by molar-refractivity contribution is 0.142. The number of aryl methyl sites for hydroxylation is 1. The lowest BCUT2D eigenvalue weighted by Gasteiger charge is -2.37. The minimum Gasteiger partial charge on any atom is -0.325 e. The molecule has 70 valence electrons. The second-order valence-electron chi connectivity index (χ2n) is 3.76. The maximum atomic E-state index is 5.70. The Labute approximate surface area is 78.6 Å². The Kier molecular flexibility index (Phi) is 2.29. The van der Waals surface area contributed by atoms with Gasteiger partial charge in [0.05, 0.1) is 0 Å². The fourth-order valence-corrected chi connectivity index (χ4v) is 1.64. The molecule has 13 heavy (non-hydrogen) atoms. The fourth-order valence-electron chi connectivity index (χ4n) is 1.64. The van der Waals surface area contributed by atoms with E-state index < -0.39 is 0 Å². The van der Waals surface area contributed by atoms with E-state index in [1.54, 1.807) is 0 Å². The number of nitrogens with zero attached hydrogens (tertiary/aromatic N) is 2. The van der Waals surface area contributed by atoms with E-state index in [-0.39, 0.29) is 0 Å². The fraction of sp³-hybridized carbons (Fsp3) is 0.500. The van der Waals surface area contributed by atoms with E-state index >= 15 is 0 Å². The first-order chi connectivity index (χ1) is 6.25. The second kappa shape index (κ2) is 3.44. The van der Waals surface area contributed by atoms with Gasteiger partial charge in [-0.25, -0.2) is 0 Å². The Morgan fingerprint density at radius 3 is 3.00 bits per heavy atom. The van der Waals surface area contributed by atoms with Crippen LogP contribution in [0.1, 0.15) is 11.1 Å². The third-order valence-corrected chi connectivity index (χ3v) is 2.53. The summed E-state index contributed by atoms with van der Waals surface area (Å²) in [7, 11) is 0. The van der Waals surface area contributed by atoms with Gasteiger partial charge in [-0.15, -0.1) is 0 Å². The van der Waals surface area contributed by atoms with Crippen LogP contribution in [-0.4, -0.2) is 29.0 Å². The van der Waals surface area contributed by atoms with E-state index in [1.165, 1.54) is 11.1 Å². The van der Waals surface area contributed by atoms with Crippen LogP contribution in [0.2, 0.25) is 0 Å². The van der Waals surface area contributed by atoms with Gasteiger partial charge in [-0.2, -0.15) is 0 Å². The summed E-state index contributed by atoms with van der Waals surface area (Å²) in [6.07, 6.45) is 3.78. The number of pyridine rings is 1. The Morgan fingerprint density at radius 1 is 1.62 bits per heavy atom. The van der Waals surface area contributed by atoms with Crippen LogP contribution in [0.4, 0.5) is 0 Å². The SMILES string of the molecule is Cc1ccncc1CN1CC(N)C1. The second-order valence-corrected chi connectivity index (χ2v) is 3.76. The van der Waals surface area contributed by atoms with Crippen molar-refractivity contribution in [3.63, 3.8) is 0 Å². The predicted molar refractivity (Wildman–Crippen MR) is 52.2 cm³/mol. The molecule has 1 aliphatic heterocycles. The molecule has 1 aromatic rings. The molecule has 3 heteroatoms. The van der Waals surface area contributed by atoms with Crippen LogP contribution in [0.5, 0.6) is 0 Å². The summed E-state index contributed by atoms with van der Waals surface area (Å²) < 4.78 is 0. The third kappa shape index (κ3) is 1.87. The van der Waals surface area contributed by atoms with Crippen LogP contribution in [0, 0.1) is 6.92 Å². The van der Waals surface area contributed by atoms with Gasteiger partial charge < -0.3 is 5.73 Å². The Balaban J connectivity index is 1.98. The Morgan fingerprint density at radius 2 is 2.38 bits per heavy atom. The molecule has 2 rings (SSSR count). The molecule has 2 N–H and O–H groups in total. The molecule has 0 radical (unpaired) electrons. The normalized spacial score (nSPS) is 18.6. The van der Waals surface area contributed by atoms with E-state index in [0.717, 1.165) is 19.6 Å². The molecule has 0 atom stereocenters. The van der Waals surface area contributed by atoms with Gasteiger partial charge in [0.25, 0.3) is 0 Å². The highest BCUT2D eigenvalue weighted by atomic mass is 15.2. The lowest BCUT2D eigenvalue weighted by atomic mass is 10.1. The highest BCUT2D eigenvalue weighted by Crippen LogP contribution is 2.13. The minimum absolute atomic E-state index is 0.386. The van der Waals surface area contributed by atoms with E-state index in [1.807, 2.05) is 12.4 Å². The monoisotopic (exact) mass is 177 g/mol. The summed E-state index contributed by atoms with van der Waals surface area (Å²) in [5.74, 6) is 0. The molecule has 1 fully saturated rings. The van der Waals surface area contributed by atoms with Crippen molar-refractivity contribution in [2.24, 2.45) is 5.73 Å². The molecule has 1 saturated heterocycles. The van der Waals surface area contributed by atoms with Crippen molar-refractivity contribution >= 4 is 0 Å². The van der Waals surface area contributed by atoms with Gasteiger partial charge in [0.1, 0.15) is 0 Å². The number of rotatable bonds is 2. The van der Waals surface area contributed by atoms with Gasteiger partial charge >= 0.3 is 0 Å². The van der Waals surface area contributed by atoms with Crippen LogP contribution in [-0.2, 0) is 6.54 Å². The van der Waals surface area contributed by atoms with Crippen LogP contribution < -0.4 is 5.73 Å². The average Bonchev–Trinajstić information content (AvgIpc) is 2.06. The molecule has 0 amide bonds.